The molecule has 1 saturated carbocycles. The Kier molecular flexibility index (Phi) is 5.67. The fourth-order valence-electron chi connectivity index (χ4n) is 5.10. The highest BCUT2D eigenvalue weighted by molar-refractivity contribution is 5.77. The zero-order chi connectivity index (χ0) is 22.8. The Balaban J connectivity index is 1.41. The molecular formula is C27H29N5O. The first kappa shape index (κ1) is 21.3. The van der Waals surface area contributed by atoms with Crippen molar-refractivity contribution in [1.29, 1.82) is 0 Å². The van der Waals surface area contributed by atoms with Gasteiger partial charge in [0.25, 0.3) is 5.56 Å². The molecule has 2 aromatic heterocycles. The van der Waals surface area contributed by atoms with Gasteiger partial charge in [0, 0.05) is 18.0 Å². The van der Waals surface area contributed by atoms with Crippen molar-refractivity contribution >= 4 is 16.7 Å². The first-order chi connectivity index (χ1) is 16.0. The van der Waals surface area contributed by atoms with Crippen LogP contribution in [0.15, 0.2) is 65.5 Å². The summed E-state index contributed by atoms with van der Waals surface area (Å²) in [5, 5.41) is 4.22. The summed E-state index contributed by atoms with van der Waals surface area (Å²) in [4.78, 5) is 26.9. The van der Waals surface area contributed by atoms with Gasteiger partial charge in [-0.1, -0.05) is 55.3 Å². The van der Waals surface area contributed by atoms with Crippen LogP contribution in [0.1, 0.15) is 48.6 Å². The van der Waals surface area contributed by atoms with Gasteiger partial charge < -0.3 is 5.32 Å². The van der Waals surface area contributed by atoms with E-state index in [1.165, 1.54) is 31.2 Å². The van der Waals surface area contributed by atoms with E-state index in [0.29, 0.717) is 23.6 Å². The molecule has 0 unspecified atom stereocenters. The molecular weight excluding hydrogens is 410 g/mol. The minimum absolute atomic E-state index is 0.0436. The Labute approximate surface area is 193 Å². The van der Waals surface area contributed by atoms with Crippen molar-refractivity contribution in [2.45, 2.75) is 51.5 Å². The highest BCUT2D eigenvalue weighted by Gasteiger charge is 2.35. The van der Waals surface area contributed by atoms with E-state index in [0.717, 1.165) is 23.6 Å². The Morgan fingerprint density at radius 3 is 2.45 bits per heavy atom. The van der Waals surface area contributed by atoms with E-state index in [1.54, 1.807) is 4.57 Å². The van der Waals surface area contributed by atoms with Gasteiger partial charge in [0.2, 0.25) is 0 Å². The molecule has 0 amide bonds. The number of aromatic nitrogens is 4. The predicted octanol–water partition coefficient (Wildman–Crippen LogP) is 4.78. The van der Waals surface area contributed by atoms with Crippen molar-refractivity contribution in [3.05, 3.63) is 93.9 Å². The minimum Gasteiger partial charge on any atom is -0.369 e. The van der Waals surface area contributed by atoms with Crippen molar-refractivity contribution in [3.63, 3.8) is 0 Å². The Morgan fingerprint density at radius 2 is 1.67 bits per heavy atom. The van der Waals surface area contributed by atoms with Crippen LogP contribution in [0.25, 0.3) is 10.9 Å². The summed E-state index contributed by atoms with van der Waals surface area (Å²) >= 11 is 0. The van der Waals surface area contributed by atoms with Gasteiger partial charge in [0.15, 0.2) is 0 Å². The average molecular weight is 440 g/mol. The molecule has 2 aromatic carbocycles. The van der Waals surface area contributed by atoms with Gasteiger partial charge in [-0.3, -0.25) is 9.36 Å². The molecule has 6 heteroatoms. The molecule has 0 atom stereocenters. The molecule has 0 spiro atoms. The molecule has 0 aliphatic heterocycles. The van der Waals surface area contributed by atoms with Crippen LogP contribution < -0.4 is 10.9 Å². The lowest BCUT2D eigenvalue weighted by Crippen LogP contribution is -2.31. The summed E-state index contributed by atoms with van der Waals surface area (Å²) < 4.78 is 1.69. The van der Waals surface area contributed by atoms with Crippen LogP contribution in [0.2, 0.25) is 0 Å². The highest BCUT2D eigenvalue weighted by atomic mass is 16.1. The van der Waals surface area contributed by atoms with Gasteiger partial charge in [-0.15, -0.1) is 0 Å². The van der Waals surface area contributed by atoms with E-state index in [2.05, 4.69) is 50.6 Å². The first-order valence-corrected chi connectivity index (χ1v) is 11.6. The highest BCUT2D eigenvalue weighted by Crippen LogP contribution is 2.41. The topological polar surface area (TPSA) is 72.7 Å². The quantitative estimate of drug-likeness (QED) is 0.468. The van der Waals surface area contributed by atoms with E-state index in [9.17, 15) is 4.79 Å². The summed E-state index contributed by atoms with van der Waals surface area (Å²) in [5.74, 6) is 2.17. The molecule has 168 valence electrons. The molecule has 2 heterocycles. The number of fused-ring (bicyclic) bond motifs is 1. The SMILES string of the molecule is Cc1nc(Cn2c(C)nc3ccccc3c2=O)cc(NCC2(c3ccccc3)CCCC2)n1. The van der Waals surface area contributed by atoms with E-state index >= 15 is 0 Å². The van der Waals surface area contributed by atoms with Crippen LogP contribution in [-0.4, -0.2) is 26.1 Å². The third-order valence-electron chi connectivity index (χ3n) is 6.82. The standard InChI is InChI=1S/C27H29N5O/c1-19-29-22(17-32-20(2)31-24-13-7-6-12-23(24)26(32)33)16-25(30-19)28-18-27(14-8-9-15-27)21-10-4-3-5-11-21/h3-7,10-13,16H,8-9,14-15,17-18H2,1-2H3,(H,28,29,30). The first-order valence-electron chi connectivity index (χ1n) is 11.6. The smallest absolute Gasteiger partial charge is 0.261 e. The van der Waals surface area contributed by atoms with Crippen molar-refractivity contribution in [3.8, 4) is 0 Å². The number of nitrogens with one attached hydrogen (secondary N) is 1. The molecule has 1 aliphatic carbocycles. The second-order valence-electron chi connectivity index (χ2n) is 9.07. The third-order valence-corrected chi connectivity index (χ3v) is 6.82. The molecule has 33 heavy (non-hydrogen) atoms. The number of nitrogens with zero attached hydrogens (tertiary/aromatic N) is 4. The molecule has 4 aromatic rings. The largest absolute Gasteiger partial charge is 0.369 e. The third kappa shape index (κ3) is 4.25. The molecule has 0 saturated heterocycles. The summed E-state index contributed by atoms with van der Waals surface area (Å²) in [6.07, 6.45) is 4.86. The normalized spacial score (nSPS) is 15.1. The monoisotopic (exact) mass is 439 g/mol. The lowest BCUT2D eigenvalue weighted by molar-refractivity contribution is 0.466. The maximum atomic E-state index is 13.1. The van der Waals surface area contributed by atoms with Crippen LogP contribution in [0, 0.1) is 13.8 Å². The van der Waals surface area contributed by atoms with Crippen molar-refractivity contribution in [1.82, 2.24) is 19.5 Å². The predicted molar refractivity (Wildman–Crippen MR) is 132 cm³/mol. The molecule has 1 fully saturated rings. The van der Waals surface area contributed by atoms with Crippen molar-refractivity contribution in [2.24, 2.45) is 0 Å². The zero-order valence-electron chi connectivity index (χ0n) is 19.2. The molecule has 0 radical (unpaired) electrons. The number of anilines is 1. The van der Waals surface area contributed by atoms with Crippen LogP contribution in [0.5, 0.6) is 0 Å². The second-order valence-corrected chi connectivity index (χ2v) is 9.07. The van der Waals surface area contributed by atoms with Crippen molar-refractivity contribution < 1.29 is 0 Å². The van der Waals surface area contributed by atoms with E-state index in [4.69, 9.17) is 0 Å². The molecule has 6 nitrogen and oxygen atoms in total. The lowest BCUT2D eigenvalue weighted by atomic mass is 9.79. The number of hydrogen-bond acceptors (Lipinski definition) is 5. The maximum absolute atomic E-state index is 13.1. The van der Waals surface area contributed by atoms with Gasteiger partial charge in [0.05, 0.1) is 23.1 Å². The number of aryl methyl sites for hydroxylation is 2. The number of rotatable bonds is 6. The molecule has 5 rings (SSSR count). The second kappa shape index (κ2) is 8.77. The lowest BCUT2D eigenvalue weighted by Gasteiger charge is -2.30. The van der Waals surface area contributed by atoms with Gasteiger partial charge in [0.1, 0.15) is 17.5 Å². The number of hydrogen-bond donors (Lipinski definition) is 1. The Bertz CT molecular complexity index is 1340. The van der Waals surface area contributed by atoms with E-state index < -0.39 is 0 Å². The van der Waals surface area contributed by atoms with Gasteiger partial charge in [-0.25, -0.2) is 15.0 Å². The van der Waals surface area contributed by atoms with E-state index in [1.807, 2.05) is 44.2 Å². The Morgan fingerprint density at radius 1 is 0.939 bits per heavy atom. The van der Waals surface area contributed by atoms with Crippen LogP contribution in [0.4, 0.5) is 5.82 Å². The fraction of sp³-hybridized carbons (Fsp3) is 0.333. The summed E-state index contributed by atoms with van der Waals surface area (Å²) in [6.45, 7) is 4.96. The molecule has 0 bridgehead atoms. The van der Waals surface area contributed by atoms with Crippen LogP contribution >= 0.6 is 0 Å². The van der Waals surface area contributed by atoms with Crippen molar-refractivity contribution in [2.75, 3.05) is 11.9 Å². The van der Waals surface area contributed by atoms with Crippen LogP contribution in [0.3, 0.4) is 0 Å². The Hall–Kier alpha value is -3.54. The molecule has 1 aliphatic rings. The number of benzene rings is 2. The average Bonchev–Trinajstić information content (AvgIpc) is 3.31. The summed E-state index contributed by atoms with van der Waals surface area (Å²) in [6, 6.07) is 20.2. The summed E-state index contributed by atoms with van der Waals surface area (Å²) in [5.41, 5.74) is 3.01. The van der Waals surface area contributed by atoms with Gasteiger partial charge >= 0.3 is 0 Å². The molecule has 1 N–H and O–H groups in total. The van der Waals surface area contributed by atoms with E-state index in [-0.39, 0.29) is 11.0 Å². The van der Waals surface area contributed by atoms with Crippen LogP contribution in [-0.2, 0) is 12.0 Å². The zero-order valence-corrected chi connectivity index (χ0v) is 19.2. The number of para-hydroxylation sites is 1. The minimum atomic E-state index is -0.0436. The fourth-order valence-corrected chi connectivity index (χ4v) is 5.10. The van der Waals surface area contributed by atoms with Gasteiger partial charge in [-0.05, 0) is 44.4 Å². The van der Waals surface area contributed by atoms with Gasteiger partial charge in [-0.2, -0.15) is 0 Å². The maximum Gasteiger partial charge on any atom is 0.261 e. The summed E-state index contributed by atoms with van der Waals surface area (Å²) in [7, 11) is 0.